The van der Waals surface area contributed by atoms with Crippen molar-refractivity contribution < 1.29 is 23.9 Å². The molecule has 0 radical (unpaired) electrons. The number of halogens is 2. The second-order valence-corrected chi connectivity index (χ2v) is 8.40. The van der Waals surface area contributed by atoms with E-state index in [-0.39, 0.29) is 38.2 Å². The number of benzene rings is 3. The molecule has 6 nitrogen and oxygen atoms in total. The van der Waals surface area contributed by atoms with E-state index >= 15 is 0 Å². The predicted molar refractivity (Wildman–Crippen MR) is 124 cm³/mol. The highest BCUT2D eigenvalue weighted by atomic mass is 35.5. The third-order valence-corrected chi connectivity index (χ3v) is 6.01. The summed E-state index contributed by atoms with van der Waals surface area (Å²) in [7, 11) is 0. The van der Waals surface area contributed by atoms with Crippen molar-refractivity contribution in [2.45, 2.75) is 20.0 Å². The normalized spacial score (nSPS) is 13.6. The number of rotatable bonds is 5. The first kappa shape index (κ1) is 22.7. The van der Waals surface area contributed by atoms with Gasteiger partial charge in [-0.15, -0.1) is 0 Å². The quantitative estimate of drug-likeness (QED) is 0.271. The average Bonchev–Trinajstić information content (AvgIpc) is 3.05. The highest BCUT2D eigenvalue weighted by molar-refractivity contribution is 6.42. The first-order valence-electron chi connectivity index (χ1n) is 9.97. The first-order valence-corrected chi connectivity index (χ1v) is 10.7. The molecule has 0 N–H and O–H groups in total. The van der Waals surface area contributed by atoms with E-state index in [1.165, 1.54) is 43.3 Å². The first-order chi connectivity index (χ1) is 15.7. The standard InChI is InChI=1S/C25H17Cl2NO5/c1-13-3-5-15(6-4-13)22(29)14(2)33-25(32)16-7-9-18-19(11-16)24(31)28(23(18)30)17-8-10-20(26)21(27)12-17/h3-12,14H,1-2H3. The number of carbonyl (C=O) groups is 4. The molecule has 1 unspecified atom stereocenters. The molecular weight excluding hydrogens is 465 g/mol. The van der Waals surface area contributed by atoms with E-state index in [4.69, 9.17) is 27.9 Å². The molecule has 2 amide bonds. The van der Waals surface area contributed by atoms with Crippen LogP contribution in [0.5, 0.6) is 0 Å². The molecule has 1 heterocycles. The summed E-state index contributed by atoms with van der Waals surface area (Å²) in [6.07, 6.45) is -1.03. The lowest BCUT2D eigenvalue weighted by atomic mass is 10.0. The van der Waals surface area contributed by atoms with E-state index in [2.05, 4.69) is 0 Å². The second-order valence-electron chi connectivity index (χ2n) is 7.58. The highest BCUT2D eigenvalue weighted by Gasteiger charge is 2.37. The zero-order chi connectivity index (χ0) is 23.9. The minimum atomic E-state index is -1.03. The van der Waals surface area contributed by atoms with Gasteiger partial charge in [0.15, 0.2) is 6.10 Å². The predicted octanol–water partition coefficient (Wildman–Crippen LogP) is 5.53. The molecule has 0 spiro atoms. The Morgan fingerprint density at radius 3 is 2.12 bits per heavy atom. The summed E-state index contributed by atoms with van der Waals surface area (Å²) < 4.78 is 5.31. The number of carbonyl (C=O) groups excluding carboxylic acids is 4. The van der Waals surface area contributed by atoms with Crippen LogP contribution in [0.15, 0.2) is 60.7 Å². The van der Waals surface area contributed by atoms with Crippen LogP contribution in [0.2, 0.25) is 10.0 Å². The molecule has 0 aliphatic carbocycles. The number of anilines is 1. The molecule has 33 heavy (non-hydrogen) atoms. The van der Waals surface area contributed by atoms with Gasteiger partial charge in [0.2, 0.25) is 5.78 Å². The van der Waals surface area contributed by atoms with Gasteiger partial charge in [-0.3, -0.25) is 14.4 Å². The Kier molecular flexibility index (Phi) is 6.06. The van der Waals surface area contributed by atoms with E-state index in [1.807, 2.05) is 6.92 Å². The second kappa shape index (κ2) is 8.81. The number of esters is 1. The lowest BCUT2D eigenvalue weighted by Crippen LogP contribution is -2.29. The van der Waals surface area contributed by atoms with Gasteiger partial charge >= 0.3 is 5.97 Å². The molecule has 0 saturated heterocycles. The topological polar surface area (TPSA) is 80.8 Å². The Morgan fingerprint density at radius 2 is 1.45 bits per heavy atom. The van der Waals surface area contributed by atoms with Crippen molar-refractivity contribution in [1.82, 2.24) is 0 Å². The molecule has 1 aliphatic rings. The van der Waals surface area contributed by atoms with Crippen LogP contribution in [-0.2, 0) is 4.74 Å². The van der Waals surface area contributed by atoms with E-state index in [1.54, 1.807) is 24.3 Å². The SMILES string of the molecule is Cc1ccc(C(=O)C(C)OC(=O)c2ccc3c(c2)C(=O)N(c2ccc(Cl)c(Cl)c2)C3=O)cc1. The monoisotopic (exact) mass is 481 g/mol. The van der Waals surface area contributed by atoms with Crippen LogP contribution in [0.3, 0.4) is 0 Å². The fourth-order valence-electron chi connectivity index (χ4n) is 3.46. The van der Waals surface area contributed by atoms with Crippen molar-refractivity contribution in [3.8, 4) is 0 Å². The van der Waals surface area contributed by atoms with Crippen LogP contribution in [0.4, 0.5) is 5.69 Å². The van der Waals surface area contributed by atoms with Crippen molar-refractivity contribution in [2.75, 3.05) is 4.90 Å². The fourth-order valence-corrected chi connectivity index (χ4v) is 3.75. The summed E-state index contributed by atoms with van der Waals surface area (Å²) in [6, 6.07) is 15.4. The number of hydrogen-bond donors (Lipinski definition) is 0. The minimum absolute atomic E-state index is 0.0504. The Bertz CT molecular complexity index is 1320. The van der Waals surface area contributed by atoms with Gasteiger partial charge in [0.25, 0.3) is 11.8 Å². The van der Waals surface area contributed by atoms with Gasteiger partial charge in [-0.05, 0) is 50.2 Å². The molecule has 3 aromatic carbocycles. The summed E-state index contributed by atoms with van der Waals surface area (Å²) >= 11 is 11.9. The van der Waals surface area contributed by atoms with Crippen LogP contribution in [0.25, 0.3) is 0 Å². The molecule has 3 aromatic rings. The number of nitrogens with zero attached hydrogens (tertiary/aromatic N) is 1. The van der Waals surface area contributed by atoms with Crippen molar-refractivity contribution in [1.29, 1.82) is 0 Å². The van der Waals surface area contributed by atoms with Crippen LogP contribution in [0, 0.1) is 6.92 Å². The van der Waals surface area contributed by atoms with Crippen molar-refractivity contribution in [3.05, 3.63) is 98.5 Å². The summed E-state index contributed by atoms with van der Waals surface area (Å²) in [6.45, 7) is 3.38. The van der Waals surface area contributed by atoms with E-state index < -0.39 is 23.9 Å². The largest absolute Gasteiger partial charge is 0.451 e. The molecule has 0 saturated carbocycles. The van der Waals surface area contributed by atoms with Crippen LogP contribution in [-0.4, -0.2) is 29.7 Å². The van der Waals surface area contributed by atoms with Gasteiger partial charge in [0.05, 0.1) is 32.4 Å². The maximum atomic E-state index is 12.9. The number of imide groups is 1. The van der Waals surface area contributed by atoms with E-state index in [0.717, 1.165) is 10.5 Å². The van der Waals surface area contributed by atoms with Crippen molar-refractivity contribution in [3.63, 3.8) is 0 Å². The van der Waals surface area contributed by atoms with Gasteiger partial charge in [-0.25, -0.2) is 9.69 Å². The molecule has 4 rings (SSSR count). The molecule has 0 fully saturated rings. The number of fused-ring (bicyclic) bond motifs is 1. The Labute approximate surface area is 199 Å². The lowest BCUT2D eigenvalue weighted by molar-refractivity contribution is 0.0318. The third kappa shape index (κ3) is 4.27. The minimum Gasteiger partial charge on any atom is -0.451 e. The number of ether oxygens (including phenoxy) is 1. The number of ketones is 1. The van der Waals surface area contributed by atoms with Gasteiger partial charge in [0, 0.05) is 5.56 Å². The fraction of sp³-hybridized carbons (Fsp3) is 0.120. The molecule has 1 aliphatic heterocycles. The molecule has 166 valence electrons. The van der Waals surface area contributed by atoms with Crippen LogP contribution >= 0.6 is 23.2 Å². The maximum Gasteiger partial charge on any atom is 0.338 e. The van der Waals surface area contributed by atoms with Crippen molar-refractivity contribution >= 4 is 52.5 Å². The highest BCUT2D eigenvalue weighted by Crippen LogP contribution is 2.33. The van der Waals surface area contributed by atoms with E-state index in [9.17, 15) is 19.2 Å². The summed E-state index contributed by atoms with van der Waals surface area (Å²) in [4.78, 5) is 51.9. The Morgan fingerprint density at radius 1 is 0.818 bits per heavy atom. The zero-order valence-electron chi connectivity index (χ0n) is 17.6. The van der Waals surface area contributed by atoms with Crippen molar-refractivity contribution in [2.24, 2.45) is 0 Å². The lowest BCUT2D eigenvalue weighted by Gasteiger charge is -2.14. The third-order valence-electron chi connectivity index (χ3n) is 5.27. The molecule has 1 atom stereocenters. The number of Topliss-reactive ketones (excluding diaryl/α,β-unsaturated/α-hetero) is 1. The van der Waals surface area contributed by atoms with E-state index in [0.29, 0.717) is 5.56 Å². The number of amides is 2. The smallest absolute Gasteiger partial charge is 0.338 e. The van der Waals surface area contributed by atoms with Gasteiger partial charge in [0.1, 0.15) is 0 Å². The van der Waals surface area contributed by atoms with Gasteiger partial charge < -0.3 is 4.74 Å². The maximum absolute atomic E-state index is 12.9. The summed E-state index contributed by atoms with van der Waals surface area (Å²) in [5.74, 6) is -2.27. The van der Waals surface area contributed by atoms with Crippen LogP contribution < -0.4 is 4.90 Å². The average molecular weight is 482 g/mol. The zero-order valence-corrected chi connectivity index (χ0v) is 19.1. The molecule has 0 bridgehead atoms. The van der Waals surface area contributed by atoms with Gasteiger partial charge in [-0.2, -0.15) is 0 Å². The summed E-state index contributed by atoms with van der Waals surface area (Å²) in [5.41, 5.74) is 1.94. The Hall–Kier alpha value is -3.48. The number of aryl methyl sites for hydroxylation is 1. The van der Waals surface area contributed by atoms with Crippen LogP contribution in [0.1, 0.15) is 53.9 Å². The molecule has 8 heteroatoms. The Balaban J connectivity index is 1.55. The summed E-state index contributed by atoms with van der Waals surface area (Å²) in [5, 5.41) is 0.485. The molecule has 0 aromatic heterocycles. The van der Waals surface area contributed by atoms with Gasteiger partial charge in [-0.1, -0.05) is 53.0 Å². The number of hydrogen-bond acceptors (Lipinski definition) is 5. The molecular formula is C25H17Cl2NO5.